The minimum atomic E-state index is 0.893. The van der Waals surface area contributed by atoms with Gasteiger partial charge >= 0.3 is 0 Å². The van der Waals surface area contributed by atoms with Crippen LogP contribution in [0.25, 0.3) is 55.5 Å². The van der Waals surface area contributed by atoms with Gasteiger partial charge in [0.2, 0.25) is 0 Å². The number of nitrogens with zero attached hydrogens (tertiary/aromatic N) is 5. The van der Waals surface area contributed by atoms with Crippen LogP contribution < -0.4 is 4.90 Å². The van der Waals surface area contributed by atoms with Crippen LogP contribution in [-0.2, 0) is 7.05 Å². The number of anilines is 3. The fourth-order valence-corrected chi connectivity index (χ4v) is 7.23. The first-order valence-electron chi connectivity index (χ1n) is 16.6. The van der Waals surface area contributed by atoms with Crippen molar-refractivity contribution in [2.75, 3.05) is 4.90 Å². The number of aryl methyl sites for hydroxylation is 2. The number of para-hydroxylation sites is 4. The van der Waals surface area contributed by atoms with Gasteiger partial charge in [-0.15, -0.1) is 0 Å². The van der Waals surface area contributed by atoms with Crippen molar-refractivity contribution in [2.45, 2.75) is 6.92 Å². The van der Waals surface area contributed by atoms with Gasteiger partial charge in [0.05, 0.1) is 16.7 Å². The molecule has 0 saturated carbocycles. The molecule has 5 nitrogen and oxygen atoms in total. The monoisotopic (exact) mass is 632 g/mol. The fourth-order valence-electron chi connectivity index (χ4n) is 7.23. The molecule has 0 spiro atoms. The van der Waals surface area contributed by atoms with Gasteiger partial charge in [-0.25, -0.2) is 9.55 Å². The zero-order chi connectivity index (χ0) is 32.9. The quantitative estimate of drug-likeness (QED) is 0.171. The molecule has 0 atom stereocenters. The van der Waals surface area contributed by atoms with Crippen LogP contribution in [0, 0.1) is 6.92 Å². The van der Waals surface area contributed by atoms with Gasteiger partial charge in [0.1, 0.15) is 11.5 Å². The molecule has 0 bridgehead atoms. The maximum absolute atomic E-state index is 4.94. The smallest absolute Gasteiger partial charge is 0.191 e. The third kappa shape index (κ3) is 4.86. The molecule has 9 rings (SSSR count). The standard InChI is InChI=1S/C44H34N5/c1-31-13-6-7-18-37(31)32-25-26-45-44(27-32)49-40-20-9-8-19-38(40)39-24-23-36(29-43(39)49)48(33-14-4-3-5-15-33)35-17-12-16-34(28-35)47-30-46(2)41-21-10-11-22-42(41)47/h3-30H,1-2H3/q+1. The molecule has 5 heteroatoms. The highest BCUT2D eigenvalue weighted by Gasteiger charge is 2.20. The lowest BCUT2D eigenvalue weighted by Crippen LogP contribution is -2.10. The fraction of sp³-hybridized carbons (Fsp3) is 0.0455. The second-order valence-electron chi connectivity index (χ2n) is 12.5. The van der Waals surface area contributed by atoms with E-state index in [4.69, 9.17) is 4.98 Å². The summed E-state index contributed by atoms with van der Waals surface area (Å²) in [5.74, 6) is 0.893. The molecule has 6 aromatic carbocycles. The number of benzene rings is 6. The third-order valence-corrected chi connectivity index (χ3v) is 9.54. The molecule has 0 amide bonds. The highest BCUT2D eigenvalue weighted by molar-refractivity contribution is 6.10. The molecule has 0 unspecified atom stereocenters. The molecule has 0 aliphatic carbocycles. The Balaban J connectivity index is 1.25. The number of hydrogen-bond donors (Lipinski definition) is 0. The molecule has 234 valence electrons. The van der Waals surface area contributed by atoms with Crippen molar-refractivity contribution in [3.8, 4) is 22.6 Å². The van der Waals surface area contributed by atoms with E-state index in [9.17, 15) is 0 Å². The molecule has 0 aliphatic heterocycles. The Hall–Kier alpha value is -6.46. The summed E-state index contributed by atoms with van der Waals surface area (Å²) in [6.45, 7) is 2.16. The van der Waals surface area contributed by atoms with Crippen molar-refractivity contribution in [3.63, 3.8) is 0 Å². The van der Waals surface area contributed by atoms with E-state index in [0.29, 0.717) is 0 Å². The van der Waals surface area contributed by atoms with Crippen LogP contribution in [0.15, 0.2) is 170 Å². The van der Waals surface area contributed by atoms with Gasteiger partial charge in [0.15, 0.2) is 17.4 Å². The van der Waals surface area contributed by atoms with E-state index in [0.717, 1.165) is 45.2 Å². The maximum atomic E-state index is 4.94. The summed E-state index contributed by atoms with van der Waals surface area (Å²) in [6, 6.07) is 56.2. The second-order valence-corrected chi connectivity index (χ2v) is 12.5. The Morgan fingerprint density at radius 3 is 2.10 bits per heavy atom. The van der Waals surface area contributed by atoms with Crippen molar-refractivity contribution in [3.05, 3.63) is 176 Å². The van der Waals surface area contributed by atoms with E-state index in [1.54, 1.807) is 0 Å². The number of pyridine rings is 1. The van der Waals surface area contributed by atoms with Crippen molar-refractivity contribution < 1.29 is 0 Å². The summed E-state index contributed by atoms with van der Waals surface area (Å²) < 4.78 is 6.74. The van der Waals surface area contributed by atoms with Gasteiger partial charge < -0.3 is 4.90 Å². The van der Waals surface area contributed by atoms with E-state index in [1.165, 1.54) is 32.9 Å². The molecule has 0 saturated heterocycles. The number of aromatic nitrogens is 4. The minimum Gasteiger partial charge on any atom is -0.309 e. The summed E-state index contributed by atoms with van der Waals surface area (Å²) in [5, 5.41) is 2.39. The molecular weight excluding hydrogens is 599 g/mol. The minimum absolute atomic E-state index is 0.893. The summed E-state index contributed by atoms with van der Waals surface area (Å²) in [7, 11) is 2.10. The summed E-state index contributed by atoms with van der Waals surface area (Å²) in [4.78, 5) is 7.29. The first kappa shape index (κ1) is 28.7. The Bertz CT molecular complexity index is 2650. The molecule has 3 heterocycles. The van der Waals surface area contributed by atoms with Crippen LogP contribution in [0.4, 0.5) is 17.1 Å². The van der Waals surface area contributed by atoms with Crippen LogP contribution in [0.2, 0.25) is 0 Å². The highest BCUT2D eigenvalue weighted by Crippen LogP contribution is 2.40. The van der Waals surface area contributed by atoms with E-state index in [-0.39, 0.29) is 0 Å². The zero-order valence-corrected chi connectivity index (χ0v) is 27.4. The number of fused-ring (bicyclic) bond motifs is 4. The van der Waals surface area contributed by atoms with Gasteiger partial charge in [0.25, 0.3) is 0 Å². The third-order valence-electron chi connectivity index (χ3n) is 9.54. The summed E-state index contributed by atoms with van der Waals surface area (Å²) in [6.07, 6.45) is 4.08. The second kappa shape index (κ2) is 11.7. The maximum Gasteiger partial charge on any atom is 0.191 e. The lowest BCUT2D eigenvalue weighted by Gasteiger charge is -2.25. The molecule has 3 aromatic heterocycles. The highest BCUT2D eigenvalue weighted by atomic mass is 15.2. The molecule has 0 aliphatic rings. The van der Waals surface area contributed by atoms with Crippen LogP contribution in [0.1, 0.15) is 5.56 Å². The van der Waals surface area contributed by atoms with E-state index in [2.05, 4.69) is 197 Å². The Kier molecular flexibility index (Phi) is 6.83. The van der Waals surface area contributed by atoms with Crippen LogP contribution >= 0.6 is 0 Å². The predicted octanol–water partition coefficient (Wildman–Crippen LogP) is 11.2. The SMILES string of the molecule is Cc1ccccc1-c1ccnc(-n2c3ccccc3c3ccc(N(c4ccccc4)c4cccc(-n5[cH+]n(C)c6ccccc65)c4)cc32)c1. The average Bonchev–Trinajstić information content (AvgIpc) is 3.67. The molecule has 0 radical (unpaired) electrons. The van der Waals surface area contributed by atoms with Gasteiger partial charge in [-0.2, -0.15) is 4.57 Å². The Morgan fingerprint density at radius 1 is 0.551 bits per heavy atom. The lowest BCUT2D eigenvalue weighted by atomic mass is 10.0. The first-order chi connectivity index (χ1) is 24.1. The molecule has 9 aromatic rings. The predicted molar refractivity (Wildman–Crippen MR) is 204 cm³/mol. The number of imidazole rings is 1. The van der Waals surface area contributed by atoms with Crippen molar-refractivity contribution in [1.29, 1.82) is 0 Å². The Morgan fingerprint density at radius 2 is 1.24 bits per heavy atom. The van der Waals surface area contributed by atoms with Crippen LogP contribution in [-0.4, -0.2) is 18.7 Å². The van der Waals surface area contributed by atoms with E-state index < -0.39 is 0 Å². The van der Waals surface area contributed by atoms with Gasteiger partial charge in [-0.05, 0) is 90.3 Å². The summed E-state index contributed by atoms with van der Waals surface area (Å²) in [5.41, 5.74) is 12.5. The van der Waals surface area contributed by atoms with Crippen LogP contribution in [0.5, 0.6) is 0 Å². The van der Waals surface area contributed by atoms with Gasteiger partial charge in [0, 0.05) is 59.7 Å². The zero-order valence-electron chi connectivity index (χ0n) is 27.4. The molecular formula is C44H34N5+. The number of rotatable bonds is 6. The van der Waals surface area contributed by atoms with Crippen molar-refractivity contribution in [2.24, 2.45) is 7.05 Å². The average molecular weight is 633 g/mol. The largest absolute Gasteiger partial charge is 0.309 e. The first-order valence-corrected chi connectivity index (χ1v) is 16.6. The normalized spacial score (nSPS) is 11.5. The van der Waals surface area contributed by atoms with Crippen molar-refractivity contribution in [1.82, 2.24) is 18.7 Å². The molecule has 0 fully saturated rings. The molecule has 49 heavy (non-hydrogen) atoms. The summed E-state index contributed by atoms with van der Waals surface area (Å²) >= 11 is 0. The van der Waals surface area contributed by atoms with Crippen molar-refractivity contribution >= 4 is 49.9 Å². The van der Waals surface area contributed by atoms with E-state index >= 15 is 0 Å². The van der Waals surface area contributed by atoms with Crippen LogP contribution in [0.3, 0.4) is 0 Å². The topological polar surface area (TPSA) is 30.9 Å². The van der Waals surface area contributed by atoms with Gasteiger partial charge in [-0.3, -0.25) is 4.57 Å². The molecule has 0 N–H and O–H groups in total. The Labute approximate surface area is 285 Å². The van der Waals surface area contributed by atoms with E-state index in [1.807, 2.05) is 6.20 Å². The van der Waals surface area contributed by atoms with Gasteiger partial charge in [-0.1, -0.05) is 66.7 Å². The lowest BCUT2D eigenvalue weighted by molar-refractivity contribution is 0.911. The number of hydrogen-bond acceptors (Lipinski definition) is 2.